The first-order valence-electron chi connectivity index (χ1n) is 9.56. The van der Waals surface area contributed by atoms with Crippen molar-refractivity contribution in [3.05, 3.63) is 59.7 Å². The number of carbonyl (C=O) groups is 1. The molecule has 3 rings (SSSR count). The smallest absolute Gasteiger partial charge is 0.253 e. The lowest BCUT2D eigenvalue weighted by molar-refractivity contribution is 0.0787. The molecule has 2 N–H and O–H groups in total. The molecule has 1 atom stereocenters. The Balaban J connectivity index is 1.61. The predicted molar refractivity (Wildman–Crippen MR) is 108 cm³/mol. The van der Waals surface area contributed by atoms with Gasteiger partial charge in [0.25, 0.3) is 5.91 Å². The molecular weight excluding hydrogens is 376 g/mol. The quantitative estimate of drug-likeness (QED) is 0.746. The van der Waals surface area contributed by atoms with Crippen molar-refractivity contribution in [3.8, 4) is 5.75 Å². The molecule has 0 bridgehead atoms. The van der Waals surface area contributed by atoms with Crippen LogP contribution in [-0.2, 0) is 16.4 Å². The number of amides is 1. The highest BCUT2D eigenvalue weighted by Gasteiger charge is 2.27. The van der Waals surface area contributed by atoms with Crippen LogP contribution in [0.3, 0.4) is 0 Å². The molecule has 1 aliphatic heterocycles. The van der Waals surface area contributed by atoms with Crippen LogP contribution in [0, 0.1) is 5.92 Å². The first kappa shape index (κ1) is 20.4. The zero-order chi connectivity index (χ0) is 20.1. The van der Waals surface area contributed by atoms with Gasteiger partial charge in [0.1, 0.15) is 5.75 Å². The van der Waals surface area contributed by atoms with Crippen molar-refractivity contribution in [2.24, 2.45) is 5.92 Å². The van der Waals surface area contributed by atoms with Crippen LogP contribution in [0.25, 0.3) is 0 Å². The highest BCUT2D eigenvalue weighted by Crippen LogP contribution is 2.24. The molecule has 150 valence electrons. The lowest BCUT2D eigenvalue weighted by Crippen LogP contribution is -2.29. The van der Waals surface area contributed by atoms with E-state index in [1.165, 1.54) is 12.1 Å². The van der Waals surface area contributed by atoms with Crippen molar-refractivity contribution in [2.45, 2.75) is 31.1 Å². The number of aromatic hydroxyl groups is 1. The third kappa shape index (κ3) is 4.91. The first-order chi connectivity index (χ1) is 13.4. The molecule has 1 amide bonds. The molecule has 2 aromatic rings. The molecule has 1 fully saturated rings. The number of carbonyl (C=O) groups excluding carboxylic acids is 1. The van der Waals surface area contributed by atoms with Gasteiger partial charge in [0.15, 0.2) is 0 Å². The van der Waals surface area contributed by atoms with Crippen molar-refractivity contribution in [1.29, 1.82) is 0 Å². The maximum Gasteiger partial charge on any atom is 0.253 e. The van der Waals surface area contributed by atoms with Crippen LogP contribution in [0.4, 0.5) is 0 Å². The maximum atomic E-state index is 12.8. The number of nitrogens with zero attached hydrogens (tertiary/aromatic N) is 1. The van der Waals surface area contributed by atoms with Crippen LogP contribution < -0.4 is 4.72 Å². The van der Waals surface area contributed by atoms with Crippen LogP contribution in [-0.4, -0.2) is 44.0 Å². The van der Waals surface area contributed by atoms with Gasteiger partial charge in [-0.2, -0.15) is 0 Å². The molecule has 2 aromatic carbocycles. The number of rotatable bonds is 7. The first-order valence-corrected chi connectivity index (χ1v) is 11.0. The topological polar surface area (TPSA) is 86.7 Å². The van der Waals surface area contributed by atoms with Gasteiger partial charge in [-0.15, -0.1) is 0 Å². The number of hydrogen-bond acceptors (Lipinski definition) is 4. The van der Waals surface area contributed by atoms with E-state index in [-0.39, 0.29) is 16.6 Å². The van der Waals surface area contributed by atoms with Crippen molar-refractivity contribution >= 4 is 15.9 Å². The van der Waals surface area contributed by atoms with E-state index in [9.17, 15) is 18.3 Å². The Morgan fingerprint density at radius 1 is 1.21 bits per heavy atom. The summed E-state index contributed by atoms with van der Waals surface area (Å²) in [7, 11) is -3.53. The van der Waals surface area contributed by atoms with Gasteiger partial charge in [-0.3, -0.25) is 4.79 Å². The standard InChI is InChI=1S/C21H26N2O4S/c1-2-11-22-28(26,27)20-8-6-18(7-9-20)21(25)23-12-10-17(15-23)13-16-4-3-5-19(24)14-16/h3-9,14,17,22,24H,2,10-13,15H2,1H3. The molecule has 0 saturated carbocycles. The number of nitrogens with one attached hydrogen (secondary N) is 1. The summed E-state index contributed by atoms with van der Waals surface area (Å²) < 4.78 is 26.8. The summed E-state index contributed by atoms with van der Waals surface area (Å²) in [6.07, 6.45) is 2.45. The van der Waals surface area contributed by atoms with Gasteiger partial charge in [-0.25, -0.2) is 13.1 Å². The Morgan fingerprint density at radius 2 is 1.96 bits per heavy atom. The number of phenols is 1. The number of hydrogen-bond donors (Lipinski definition) is 2. The van der Waals surface area contributed by atoms with Gasteiger partial charge >= 0.3 is 0 Å². The van der Waals surface area contributed by atoms with Crippen LogP contribution in [0.15, 0.2) is 53.4 Å². The van der Waals surface area contributed by atoms with E-state index in [0.29, 0.717) is 37.5 Å². The van der Waals surface area contributed by atoms with E-state index in [4.69, 9.17) is 0 Å². The zero-order valence-electron chi connectivity index (χ0n) is 16.0. The van der Waals surface area contributed by atoms with Crippen LogP contribution in [0.2, 0.25) is 0 Å². The molecule has 1 aliphatic rings. The molecular formula is C21H26N2O4S. The van der Waals surface area contributed by atoms with Gasteiger partial charge in [0.05, 0.1) is 4.90 Å². The summed E-state index contributed by atoms with van der Waals surface area (Å²) in [4.78, 5) is 14.7. The van der Waals surface area contributed by atoms with Gasteiger partial charge < -0.3 is 10.0 Å². The summed E-state index contributed by atoms with van der Waals surface area (Å²) in [5, 5.41) is 9.59. The Labute approximate surface area is 166 Å². The number of benzene rings is 2. The molecule has 7 heteroatoms. The SMILES string of the molecule is CCCNS(=O)(=O)c1ccc(C(=O)N2CCC(Cc3cccc(O)c3)C2)cc1. The summed E-state index contributed by atoms with van der Waals surface area (Å²) in [6.45, 7) is 3.62. The third-order valence-corrected chi connectivity index (χ3v) is 6.44. The van der Waals surface area contributed by atoms with E-state index in [1.807, 2.05) is 24.0 Å². The normalized spacial score (nSPS) is 17.0. The van der Waals surface area contributed by atoms with Crippen molar-refractivity contribution in [1.82, 2.24) is 9.62 Å². The molecule has 0 aliphatic carbocycles. The molecule has 6 nitrogen and oxygen atoms in total. The minimum absolute atomic E-state index is 0.0797. The lowest BCUT2D eigenvalue weighted by atomic mass is 9.98. The van der Waals surface area contributed by atoms with Gasteiger partial charge in [0.2, 0.25) is 10.0 Å². The van der Waals surface area contributed by atoms with Crippen LogP contribution in [0.5, 0.6) is 5.75 Å². The van der Waals surface area contributed by atoms with E-state index < -0.39 is 10.0 Å². The molecule has 28 heavy (non-hydrogen) atoms. The van der Waals surface area contributed by atoms with Crippen molar-refractivity contribution in [3.63, 3.8) is 0 Å². The minimum atomic E-state index is -3.53. The summed E-state index contributed by atoms with van der Waals surface area (Å²) in [5.74, 6) is 0.527. The van der Waals surface area contributed by atoms with E-state index >= 15 is 0 Å². The Bertz CT molecular complexity index is 926. The highest BCUT2D eigenvalue weighted by atomic mass is 32.2. The fourth-order valence-corrected chi connectivity index (χ4v) is 4.61. The second-order valence-corrected chi connectivity index (χ2v) is 8.97. The average molecular weight is 403 g/mol. The second-order valence-electron chi connectivity index (χ2n) is 7.20. The largest absolute Gasteiger partial charge is 0.508 e. The molecule has 1 saturated heterocycles. The van der Waals surface area contributed by atoms with E-state index in [1.54, 1.807) is 24.3 Å². The second kappa shape index (κ2) is 8.75. The molecule has 0 aromatic heterocycles. The van der Waals surface area contributed by atoms with E-state index in [0.717, 1.165) is 18.4 Å². The monoisotopic (exact) mass is 402 g/mol. The molecule has 0 radical (unpaired) electrons. The maximum absolute atomic E-state index is 12.8. The van der Waals surface area contributed by atoms with Gasteiger partial charge in [0, 0.05) is 25.2 Å². The minimum Gasteiger partial charge on any atom is -0.508 e. The zero-order valence-corrected chi connectivity index (χ0v) is 16.8. The molecule has 1 unspecified atom stereocenters. The van der Waals surface area contributed by atoms with Crippen LogP contribution in [0.1, 0.15) is 35.7 Å². The Morgan fingerprint density at radius 3 is 2.64 bits per heavy atom. The predicted octanol–water partition coefficient (Wildman–Crippen LogP) is 2.79. The fraction of sp³-hybridized carbons (Fsp3) is 0.381. The summed E-state index contributed by atoms with van der Waals surface area (Å²) >= 11 is 0. The van der Waals surface area contributed by atoms with Crippen LogP contribution >= 0.6 is 0 Å². The fourth-order valence-electron chi connectivity index (χ4n) is 3.48. The summed E-state index contributed by atoms with van der Waals surface area (Å²) in [5.41, 5.74) is 1.56. The van der Waals surface area contributed by atoms with Crippen molar-refractivity contribution in [2.75, 3.05) is 19.6 Å². The molecule has 1 heterocycles. The van der Waals surface area contributed by atoms with E-state index in [2.05, 4.69) is 4.72 Å². The Hall–Kier alpha value is -2.38. The van der Waals surface area contributed by atoms with Gasteiger partial charge in [-0.05, 0) is 67.1 Å². The number of likely N-dealkylation sites (tertiary alicyclic amines) is 1. The Kier molecular flexibility index (Phi) is 6.36. The number of sulfonamides is 1. The lowest BCUT2D eigenvalue weighted by Gasteiger charge is -2.17. The third-order valence-electron chi connectivity index (χ3n) is 4.96. The molecule has 0 spiro atoms. The number of phenolic OH excluding ortho intramolecular Hbond substituents is 1. The summed E-state index contributed by atoms with van der Waals surface area (Å²) in [6, 6.07) is 13.3. The average Bonchev–Trinajstić information content (AvgIpc) is 3.14. The van der Waals surface area contributed by atoms with Crippen molar-refractivity contribution < 1.29 is 18.3 Å². The highest BCUT2D eigenvalue weighted by molar-refractivity contribution is 7.89. The van der Waals surface area contributed by atoms with Gasteiger partial charge in [-0.1, -0.05) is 19.1 Å².